The van der Waals surface area contributed by atoms with E-state index in [1.165, 1.54) is 5.56 Å². The van der Waals surface area contributed by atoms with Gasteiger partial charge in [-0.15, -0.1) is 0 Å². The number of ether oxygens (including phenoxy) is 1. The Morgan fingerprint density at radius 2 is 2.12 bits per heavy atom. The van der Waals surface area contributed by atoms with Gasteiger partial charge in [0.25, 0.3) is 0 Å². The van der Waals surface area contributed by atoms with Crippen LogP contribution in [0.5, 0.6) is 5.75 Å². The molecular formula is C14H21NO. The summed E-state index contributed by atoms with van der Waals surface area (Å²) in [6, 6.07) is 8.63. The van der Waals surface area contributed by atoms with E-state index in [0.29, 0.717) is 12.0 Å². The van der Waals surface area contributed by atoms with E-state index in [1.54, 1.807) is 7.11 Å². The molecule has 0 saturated heterocycles. The van der Waals surface area contributed by atoms with Crippen LogP contribution in [0.25, 0.3) is 0 Å². The third kappa shape index (κ3) is 1.52. The van der Waals surface area contributed by atoms with Gasteiger partial charge in [-0.2, -0.15) is 0 Å². The summed E-state index contributed by atoms with van der Waals surface area (Å²) in [6.07, 6.45) is 2.20. The number of benzene rings is 1. The Labute approximate surface area is 97.8 Å². The van der Waals surface area contributed by atoms with Crippen LogP contribution >= 0.6 is 0 Å². The fourth-order valence-electron chi connectivity index (χ4n) is 2.84. The molecule has 3 unspecified atom stereocenters. The van der Waals surface area contributed by atoms with Crippen LogP contribution in [0.2, 0.25) is 0 Å². The van der Waals surface area contributed by atoms with E-state index in [-0.39, 0.29) is 5.41 Å². The minimum Gasteiger partial charge on any atom is -0.496 e. The van der Waals surface area contributed by atoms with Crippen LogP contribution in [0.4, 0.5) is 0 Å². The molecule has 16 heavy (non-hydrogen) atoms. The third-order valence-electron chi connectivity index (χ3n) is 4.41. The van der Waals surface area contributed by atoms with Crippen molar-refractivity contribution < 1.29 is 4.74 Å². The number of hydrogen-bond acceptors (Lipinski definition) is 2. The predicted octanol–water partition coefficient (Wildman–Crippen LogP) is 2.93. The fourth-order valence-corrected chi connectivity index (χ4v) is 2.84. The zero-order valence-corrected chi connectivity index (χ0v) is 10.4. The van der Waals surface area contributed by atoms with Crippen molar-refractivity contribution in [3.8, 4) is 5.75 Å². The Kier molecular flexibility index (Phi) is 2.94. The van der Waals surface area contributed by atoms with E-state index < -0.39 is 0 Å². The van der Waals surface area contributed by atoms with Crippen molar-refractivity contribution in [2.24, 2.45) is 11.1 Å². The van der Waals surface area contributed by atoms with E-state index >= 15 is 0 Å². The van der Waals surface area contributed by atoms with Crippen LogP contribution in [-0.4, -0.2) is 13.2 Å². The molecule has 2 nitrogen and oxygen atoms in total. The third-order valence-corrected chi connectivity index (χ3v) is 4.41. The van der Waals surface area contributed by atoms with Crippen LogP contribution in [0.3, 0.4) is 0 Å². The Bertz CT molecular complexity index is 377. The lowest BCUT2D eigenvalue weighted by Crippen LogP contribution is -2.54. The van der Waals surface area contributed by atoms with Crippen molar-refractivity contribution in [1.29, 1.82) is 0 Å². The van der Waals surface area contributed by atoms with Crippen molar-refractivity contribution in [2.75, 3.05) is 7.11 Å². The second kappa shape index (κ2) is 4.10. The van der Waals surface area contributed by atoms with E-state index in [2.05, 4.69) is 26.0 Å². The second-order valence-electron chi connectivity index (χ2n) is 5.00. The molecule has 1 aliphatic carbocycles. The van der Waals surface area contributed by atoms with Crippen LogP contribution in [-0.2, 0) is 0 Å². The normalized spacial score (nSPS) is 33.2. The minimum atomic E-state index is 0.231. The minimum absolute atomic E-state index is 0.231. The van der Waals surface area contributed by atoms with E-state index in [0.717, 1.165) is 18.6 Å². The number of methoxy groups -OCH3 is 1. The SMILES string of the molecule is CCC1(C)C(N)CC1c1ccccc1OC. The summed E-state index contributed by atoms with van der Waals surface area (Å²) in [6.45, 7) is 4.51. The van der Waals surface area contributed by atoms with Gasteiger partial charge in [-0.1, -0.05) is 32.0 Å². The maximum absolute atomic E-state index is 6.15. The molecule has 0 bridgehead atoms. The molecule has 1 aromatic carbocycles. The van der Waals surface area contributed by atoms with Gasteiger partial charge < -0.3 is 10.5 Å². The zero-order valence-electron chi connectivity index (χ0n) is 10.4. The van der Waals surface area contributed by atoms with Crippen LogP contribution in [0.1, 0.15) is 38.2 Å². The largest absolute Gasteiger partial charge is 0.496 e. The lowest BCUT2D eigenvalue weighted by atomic mass is 9.54. The molecule has 0 radical (unpaired) electrons. The molecule has 3 atom stereocenters. The first-order chi connectivity index (χ1) is 7.63. The van der Waals surface area contributed by atoms with E-state index in [1.807, 2.05) is 12.1 Å². The van der Waals surface area contributed by atoms with E-state index in [4.69, 9.17) is 10.5 Å². The molecule has 1 aliphatic rings. The first-order valence-electron chi connectivity index (χ1n) is 6.02. The maximum Gasteiger partial charge on any atom is 0.122 e. The molecule has 0 amide bonds. The first kappa shape index (κ1) is 11.5. The maximum atomic E-state index is 6.15. The van der Waals surface area contributed by atoms with Crippen LogP contribution in [0, 0.1) is 5.41 Å². The number of hydrogen-bond donors (Lipinski definition) is 1. The van der Waals surface area contributed by atoms with Gasteiger partial charge in [0.05, 0.1) is 7.11 Å². The second-order valence-corrected chi connectivity index (χ2v) is 5.00. The predicted molar refractivity (Wildman–Crippen MR) is 66.7 cm³/mol. The molecule has 0 spiro atoms. The summed E-state index contributed by atoms with van der Waals surface area (Å²) in [5.74, 6) is 1.54. The quantitative estimate of drug-likeness (QED) is 0.848. The average molecular weight is 219 g/mol. The molecule has 88 valence electrons. The Morgan fingerprint density at radius 3 is 2.69 bits per heavy atom. The Balaban J connectivity index is 2.32. The number of para-hydroxylation sites is 1. The molecule has 1 saturated carbocycles. The topological polar surface area (TPSA) is 35.2 Å². The smallest absolute Gasteiger partial charge is 0.122 e. The summed E-state index contributed by atoms with van der Waals surface area (Å²) in [5, 5.41) is 0. The summed E-state index contributed by atoms with van der Waals surface area (Å²) >= 11 is 0. The molecule has 2 heteroatoms. The molecule has 2 rings (SSSR count). The van der Waals surface area contributed by atoms with Crippen LogP contribution < -0.4 is 10.5 Å². The summed E-state index contributed by atoms with van der Waals surface area (Å²) in [4.78, 5) is 0. The molecule has 2 N–H and O–H groups in total. The highest BCUT2D eigenvalue weighted by Crippen LogP contribution is 2.55. The lowest BCUT2D eigenvalue weighted by Gasteiger charge is -2.53. The lowest BCUT2D eigenvalue weighted by molar-refractivity contribution is 0.0689. The van der Waals surface area contributed by atoms with Crippen molar-refractivity contribution in [2.45, 2.75) is 38.6 Å². The molecular weight excluding hydrogens is 198 g/mol. The Morgan fingerprint density at radius 1 is 1.44 bits per heavy atom. The van der Waals surface area contributed by atoms with Gasteiger partial charge in [-0.25, -0.2) is 0 Å². The van der Waals surface area contributed by atoms with Crippen LogP contribution in [0.15, 0.2) is 24.3 Å². The molecule has 0 aromatic heterocycles. The van der Waals surface area contributed by atoms with Gasteiger partial charge in [-0.05, 0) is 35.8 Å². The van der Waals surface area contributed by atoms with Gasteiger partial charge in [-0.3, -0.25) is 0 Å². The average Bonchev–Trinajstić information content (AvgIpc) is 2.34. The standard InChI is InChI=1S/C14H21NO/c1-4-14(2)11(9-13(14)15)10-7-5-6-8-12(10)16-3/h5-8,11,13H,4,9,15H2,1-3H3. The van der Waals surface area contributed by atoms with E-state index in [9.17, 15) is 0 Å². The summed E-state index contributed by atoms with van der Waals surface area (Å²) < 4.78 is 5.43. The van der Waals surface area contributed by atoms with Crippen molar-refractivity contribution in [3.05, 3.63) is 29.8 Å². The number of rotatable bonds is 3. The van der Waals surface area contributed by atoms with Crippen molar-refractivity contribution >= 4 is 0 Å². The highest BCUT2D eigenvalue weighted by molar-refractivity contribution is 5.40. The summed E-state index contributed by atoms with van der Waals surface area (Å²) in [5.41, 5.74) is 7.69. The molecule has 1 fully saturated rings. The highest BCUT2D eigenvalue weighted by atomic mass is 16.5. The first-order valence-corrected chi connectivity index (χ1v) is 6.02. The van der Waals surface area contributed by atoms with Gasteiger partial charge in [0, 0.05) is 6.04 Å². The molecule has 0 heterocycles. The van der Waals surface area contributed by atoms with Crippen molar-refractivity contribution in [3.63, 3.8) is 0 Å². The summed E-state index contributed by atoms with van der Waals surface area (Å²) in [7, 11) is 1.74. The van der Waals surface area contributed by atoms with Crippen molar-refractivity contribution in [1.82, 2.24) is 0 Å². The molecule has 0 aliphatic heterocycles. The molecule has 1 aromatic rings. The highest BCUT2D eigenvalue weighted by Gasteiger charge is 2.49. The Hall–Kier alpha value is -1.02. The van der Waals surface area contributed by atoms with Gasteiger partial charge >= 0.3 is 0 Å². The zero-order chi connectivity index (χ0) is 11.8. The number of nitrogens with two attached hydrogens (primary N) is 1. The van der Waals surface area contributed by atoms with Gasteiger partial charge in [0.15, 0.2) is 0 Å². The van der Waals surface area contributed by atoms with Gasteiger partial charge in [0.2, 0.25) is 0 Å². The van der Waals surface area contributed by atoms with Gasteiger partial charge in [0.1, 0.15) is 5.75 Å². The monoisotopic (exact) mass is 219 g/mol. The fraction of sp³-hybridized carbons (Fsp3) is 0.571.